The van der Waals surface area contributed by atoms with Gasteiger partial charge in [-0.3, -0.25) is 9.69 Å². The van der Waals surface area contributed by atoms with E-state index in [0.717, 1.165) is 5.56 Å². The summed E-state index contributed by atoms with van der Waals surface area (Å²) in [6.45, 7) is 0.188. The number of carboxylic acids is 1. The summed E-state index contributed by atoms with van der Waals surface area (Å²) in [6, 6.07) is 12.5. The van der Waals surface area contributed by atoms with Crippen molar-refractivity contribution >= 4 is 23.6 Å². The van der Waals surface area contributed by atoms with E-state index < -0.39 is 12.0 Å². The molecule has 0 spiro atoms. The standard InChI is InChI=1S/C21H19N3O5/c1-23-16-11-24(14-5-3-4-13(10-14)20(26)27)19(25)17(16)18(22-21(23)28)12-6-8-15(29-2)9-7-12/h3-10,18H,11H2,1-2H3,(H,22,28)(H,26,27)/t18-/m1/s1. The van der Waals surface area contributed by atoms with Crippen LogP contribution in [0.2, 0.25) is 0 Å². The summed E-state index contributed by atoms with van der Waals surface area (Å²) in [5.74, 6) is -0.663. The lowest BCUT2D eigenvalue weighted by Crippen LogP contribution is -2.45. The first kappa shape index (κ1) is 18.5. The molecular formula is C21H19N3O5. The van der Waals surface area contributed by atoms with Gasteiger partial charge >= 0.3 is 12.0 Å². The molecule has 2 aliphatic rings. The van der Waals surface area contributed by atoms with Crippen molar-refractivity contribution in [3.8, 4) is 5.75 Å². The summed E-state index contributed by atoms with van der Waals surface area (Å²) in [5, 5.41) is 12.1. The van der Waals surface area contributed by atoms with Crippen molar-refractivity contribution in [2.75, 3.05) is 25.6 Å². The number of urea groups is 1. The SMILES string of the molecule is COc1ccc([C@H]2NC(=O)N(C)C3=C2C(=O)N(c2cccc(C(=O)O)c2)C3)cc1. The minimum Gasteiger partial charge on any atom is -0.497 e. The molecule has 8 heteroatoms. The van der Waals surface area contributed by atoms with Crippen molar-refractivity contribution in [3.05, 3.63) is 70.9 Å². The first-order valence-corrected chi connectivity index (χ1v) is 8.97. The zero-order valence-corrected chi connectivity index (χ0v) is 15.9. The van der Waals surface area contributed by atoms with Gasteiger partial charge in [0.1, 0.15) is 5.75 Å². The lowest BCUT2D eigenvalue weighted by atomic mass is 9.95. The number of carboxylic acid groups (broad SMARTS) is 1. The third kappa shape index (κ3) is 3.08. The Morgan fingerprint density at radius 3 is 2.55 bits per heavy atom. The van der Waals surface area contributed by atoms with E-state index in [9.17, 15) is 19.5 Å². The predicted octanol–water partition coefficient (Wildman–Crippen LogP) is 2.39. The highest BCUT2D eigenvalue weighted by molar-refractivity contribution is 6.12. The van der Waals surface area contributed by atoms with Crippen LogP contribution in [0.15, 0.2) is 59.8 Å². The number of nitrogens with one attached hydrogen (secondary N) is 1. The normalized spacial score (nSPS) is 18.6. The molecule has 0 unspecified atom stereocenters. The Balaban J connectivity index is 1.73. The van der Waals surface area contributed by atoms with Gasteiger partial charge in [0, 0.05) is 12.7 Å². The van der Waals surface area contributed by atoms with Crippen LogP contribution in [0.4, 0.5) is 10.5 Å². The van der Waals surface area contributed by atoms with Gasteiger partial charge in [-0.25, -0.2) is 9.59 Å². The summed E-state index contributed by atoms with van der Waals surface area (Å²) in [7, 11) is 3.18. The molecule has 1 atom stereocenters. The van der Waals surface area contributed by atoms with E-state index in [2.05, 4.69) is 5.32 Å². The second-order valence-electron chi connectivity index (χ2n) is 6.82. The Morgan fingerprint density at radius 2 is 1.90 bits per heavy atom. The molecule has 8 nitrogen and oxygen atoms in total. The maximum Gasteiger partial charge on any atom is 0.335 e. The van der Waals surface area contributed by atoms with Gasteiger partial charge in [0.05, 0.1) is 36.5 Å². The van der Waals surface area contributed by atoms with Gasteiger partial charge < -0.3 is 20.1 Å². The molecule has 148 valence electrons. The van der Waals surface area contributed by atoms with Crippen molar-refractivity contribution in [3.63, 3.8) is 0 Å². The molecule has 0 bridgehead atoms. The molecule has 29 heavy (non-hydrogen) atoms. The van der Waals surface area contributed by atoms with E-state index in [4.69, 9.17) is 4.74 Å². The number of nitrogens with zero attached hydrogens (tertiary/aromatic N) is 2. The highest BCUT2D eigenvalue weighted by Crippen LogP contribution is 2.38. The van der Waals surface area contributed by atoms with Crippen LogP contribution in [0.1, 0.15) is 22.0 Å². The maximum absolute atomic E-state index is 13.3. The third-order valence-electron chi connectivity index (χ3n) is 5.21. The molecule has 2 aromatic rings. The van der Waals surface area contributed by atoms with Crippen LogP contribution in [-0.4, -0.2) is 48.6 Å². The molecule has 2 heterocycles. The van der Waals surface area contributed by atoms with Crippen LogP contribution in [0.5, 0.6) is 5.75 Å². The summed E-state index contributed by atoms with van der Waals surface area (Å²) in [6.07, 6.45) is 0. The number of benzene rings is 2. The van der Waals surface area contributed by atoms with E-state index in [1.807, 2.05) is 0 Å². The number of carbonyl (C=O) groups excluding carboxylic acids is 2. The van der Waals surface area contributed by atoms with E-state index in [1.165, 1.54) is 21.9 Å². The van der Waals surface area contributed by atoms with Crippen LogP contribution in [0.25, 0.3) is 0 Å². The number of anilines is 1. The number of aromatic carboxylic acids is 1. The number of hydrogen-bond donors (Lipinski definition) is 2. The summed E-state index contributed by atoms with van der Waals surface area (Å²) < 4.78 is 5.18. The van der Waals surface area contributed by atoms with E-state index in [-0.39, 0.29) is 24.0 Å². The number of hydrogen-bond acceptors (Lipinski definition) is 4. The molecule has 3 amide bonds. The Labute approximate surface area is 167 Å². The monoisotopic (exact) mass is 393 g/mol. The molecule has 0 fully saturated rings. The van der Waals surface area contributed by atoms with Gasteiger partial charge in [0.15, 0.2) is 0 Å². The van der Waals surface area contributed by atoms with Gasteiger partial charge in [-0.15, -0.1) is 0 Å². The van der Waals surface area contributed by atoms with Gasteiger partial charge in [-0.1, -0.05) is 18.2 Å². The van der Waals surface area contributed by atoms with E-state index in [0.29, 0.717) is 22.7 Å². The van der Waals surface area contributed by atoms with Gasteiger partial charge in [0.25, 0.3) is 5.91 Å². The highest BCUT2D eigenvalue weighted by atomic mass is 16.5. The molecule has 0 aliphatic carbocycles. The maximum atomic E-state index is 13.3. The second-order valence-corrected chi connectivity index (χ2v) is 6.82. The topological polar surface area (TPSA) is 99.2 Å². The Morgan fingerprint density at radius 1 is 1.17 bits per heavy atom. The molecule has 0 saturated heterocycles. The average molecular weight is 393 g/mol. The van der Waals surface area contributed by atoms with Crippen LogP contribution < -0.4 is 15.0 Å². The third-order valence-corrected chi connectivity index (χ3v) is 5.21. The lowest BCUT2D eigenvalue weighted by Gasteiger charge is -2.31. The molecule has 2 aliphatic heterocycles. The average Bonchev–Trinajstić information content (AvgIpc) is 3.08. The van der Waals surface area contributed by atoms with Crippen molar-refractivity contribution in [2.24, 2.45) is 0 Å². The molecule has 4 rings (SSSR count). The quantitative estimate of drug-likeness (QED) is 0.831. The van der Waals surface area contributed by atoms with E-state index >= 15 is 0 Å². The Bertz CT molecular complexity index is 1040. The van der Waals surface area contributed by atoms with Crippen molar-refractivity contribution in [1.29, 1.82) is 0 Å². The van der Waals surface area contributed by atoms with Crippen molar-refractivity contribution in [2.45, 2.75) is 6.04 Å². The van der Waals surface area contributed by atoms with Crippen molar-refractivity contribution in [1.82, 2.24) is 10.2 Å². The largest absolute Gasteiger partial charge is 0.497 e. The lowest BCUT2D eigenvalue weighted by molar-refractivity contribution is -0.114. The number of carbonyl (C=O) groups is 3. The predicted molar refractivity (Wildman–Crippen MR) is 105 cm³/mol. The number of ether oxygens (including phenoxy) is 1. The van der Waals surface area contributed by atoms with Crippen molar-refractivity contribution < 1.29 is 24.2 Å². The fraction of sp³-hybridized carbons (Fsp3) is 0.190. The number of methoxy groups -OCH3 is 1. The second kappa shape index (κ2) is 6.97. The van der Waals surface area contributed by atoms with Gasteiger partial charge in [-0.05, 0) is 35.9 Å². The fourth-order valence-corrected chi connectivity index (χ4v) is 3.63. The molecule has 2 aromatic carbocycles. The number of amides is 3. The first-order chi connectivity index (χ1) is 13.9. The Hall–Kier alpha value is -3.81. The van der Waals surface area contributed by atoms with E-state index in [1.54, 1.807) is 50.6 Å². The summed E-state index contributed by atoms with van der Waals surface area (Å²) in [5.41, 5.74) is 2.39. The number of likely N-dealkylation sites (N-methyl/N-ethyl adjacent to an activating group) is 1. The molecule has 0 radical (unpaired) electrons. The molecule has 0 aromatic heterocycles. The van der Waals surface area contributed by atoms with Crippen LogP contribution in [-0.2, 0) is 4.79 Å². The van der Waals surface area contributed by atoms with Crippen LogP contribution in [0, 0.1) is 0 Å². The number of rotatable bonds is 4. The first-order valence-electron chi connectivity index (χ1n) is 8.97. The molecule has 2 N–H and O–H groups in total. The van der Waals surface area contributed by atoms with Crippen LogP contribution in [0.3, 0.4) is 0 Å². The minimum absolute atomic E-state index is 0.0921. The fourth-order valence-electron chi connectivity index (χ4n) is 3.63. The van der Waals surface area contributed by atoms with Gasteiger partial charge in [0.2, 0.25) is 0 Å². The summed E-state index contributed by atoms with van der Waals surface area (Å²) in [4.78, 5) is 40.0. The molecule has 0 saturated carbocycles. The smallest absolute Gasteiger partial charge is 0.335 e. The zero-order valence-electron chi connectivity index (χ0n) is 15.9. The zero-order chi connectivity index (χ0) is 20.7. The van der Waals surface area contributed by atoms with Gasteiger partial charge in [-0.2, -0.15) is 0 Å². The molecular weight excluding hydrogens is 374 g/mol. The minimum atomic E-state index is -1.07. The summed E-state index contributed by atoms with van der Waals surface area (Å²) >= 11 is 0. The van der Waals surface area contributed by atoms with Crippen LogP contribution >= 0.6 is 0 Å². The highest BCUT2D eigenvalue weighted by Gasteiger charge is 2.43. The Kier molecular flexibility index (Phi) is 4.46.